The number of hydrogen-bond acceptors (Lipinski definition) is 4. The van der Waals surface area contributed by atoms with Gasteiger partial charge in [0.05, 0.1) is 11.1 Å². The van der Waals surface area contributed by atoms with Crippen molar-refractivity contribution in [1.82, 2.24) is 20.4 Å². The van der Waals surface area contributed by atoms with Crippen LogP contribution in [0.4, 0.5) is 0 Å². The summed E-state index contributed by atoms with van der Waals surface area (Å²) in [6.45, 7) is 9.31. The third-order valence-electron chi connectivity index (χ3n) is 5.20. The first-order valence-corrected chi connectivity index (χ1v) is 9.14. The summed E-state index contributed by atoms with van der Waals surface area (Å²) < 4.78 is 0. The molecule has 26 heavy (non-hydrogen) atoms. The molecule has 5 heteroatoms. The summed E-state index contributed by atoms with van der Waals surface area (Å²) >= 11 is 0. The SMILES string of the molecule is Cc1ccc(CN2CCNCC2)cc1-c1n[nH]c(=O)c2cccc(C)c12. The van der Waals surface area contributed by atoms with Crippen LogP contribution < -0.4 is 10.9 Å². The van der Waals surface area contributed by atoms with Crippen molar-refractivity contribution in [3.05, 3.63) is 63.4 Å². The normalized spacial score (nSPS) is 15.5. The standard InChI is InChI=1S/C21H24N4O/c1-14-6-7-16(13-25-10-8-22-9-11-25)12-18(14)20-19-15(2)4-3-5-17(19)21(26)24-23-20/h3-7,12,22H,8-11,13H2,1-2H3,(H,24,26). The van der Waals surface area contributed by atoms with E-state index in [0.29, 0.717) is 5.39 Å². The quantitative estimate of drug-likeness (QED) is 0.764. The fourth-order valence-electron chi connectivity index (χ4n) is 3.74. The second-order valence-electron chi connectivity index (χ2n) is 7.07. The molecule has 0 spiro atoms. The highest BCUT2D eigenvalue weighted by Gasteiger charge is 2.15. The van der Waals surface area contributed by atoms with Gasteiger partial charge in [0.15, 0.2) is 0 Å². The van der Waals surface area contributed by atoms with Crippen LogP contribution in [0.2, 0.25) is 0 Å². The molecule has 3 aromatic rings. The van der Waals surface area contributed by atoms with Crippen molar-refractivity contribution in [1.29, 1.82) is 0 Å². The van der Waals surface area contributed by atoms with Gasteiger partial charge in [-0.1, -0.05) is 24.3 Å². The van der Waals surface area contributed by atoms with Crippen molar-refractivity contribution >= 4 is 10.8 Å². The van der Waals surface area contributed by atoms with Gasteiger partial charge < -0.3 is 5.32 Å². The third-order valence-corrected chi connectivity index (χ3v) is 5.20. The number of benzene rings is 2. The predicted molar refractivity (Wildman–Crippen MR) is 105 cm³/mol. The Morgan fingerprint density at radius 1 is 1.08 bits per heavy atom. The van der Waals surface area contributed by atoms with Crippen molar-refractivity contribution in [2.75, 3.05) is 26.2 Å². The summed E-state index contributed by atoms with van der Waals surface area (Å²) in [6.07, 6.45) is 0. The maximum absolute atomic E-state index is 12.2. The average molecular weight is 348 g/mol. The molecule has 4 rings (SSSR count). The molecule has 0 radical (unpaired) electrons. The molecule has 2 aromatic carbocycles. The number of aromatic amines is 1. The maximum atomic E-state index is 12.2. The minimum Gasteiger partial charge on any atom is -0.314 e. The second kappa shape index (κ2) is 7.02. The highest BCUT2D eigenvalue weighted by molar-refractivity contribution is 5.96. The van der Waals surface area contributed by atoms with E-state index in [1.807, 2.05) is 25.1 Å². The Kier molecular flexibility index (Phi) is 4.57. The lowest BCUT2D eigenvalue weighted by molar-refractivity contribution is 0.233. The van der Waals surface area contributed by atoms with Crippen molar-refractivity contribution in [2.24, 2.45) is 0 Å². The van der Waals surface area contributed by atoms with Crippen LogP contribution in [0.15, 0.2) is 41.2 Å². The highest BCUT2D eigenvalue weighted by atomic mass is 16.1. The van der Waals surface area contributed by atoms with Crippen LogP contribution in [0.1, 0.15) is 16.7 Å². The van der Waals surface area contributed by atoms with E-state index >= 15 is 0 Å². The predicted octanol–water partition coefficient (Wildman–Crippen LogP) is 2.61. The van der Waals surface area contributed by atoms with Gasteiger partial charge in [0.1, 0.15) is 0 Å². The number of aromatic nitrogens is 2. The lowest BCUT2D eigenvalue weighted by Crippen LogP contribution is -2.42. The molecule has 0 saturated carbocycles. The lowest BCUT2D eigenvalue weighted by atomic mass is 9.96. The second-order valence-corrected chi connectivity index (χ2v) is 7.07. The molecule has 1 saturated heterocycles. The topological polar surface area (TPSA) is 61.0 Å². The number of rotatable bonds is 3. The van der Waals surface area contributed by atoms with Gasteiger partial charge in [-0.15, -0.1) is 0 Å². The van der Waals surface area contributed by atoms with Crippen molar-refractivity contribution in [3.8, 4) is 11.3 Å². The number of H-pyrrole nitrogens is 1. The van der Waals surface area contributed by atoms with Crippen molar-refractivity contribution < 1.29 is 0 Å². The van der Waals surface area contributed by atoms with E-state index in [0.717, 1.165) is 60.5 Å². The molecule has 0 atom stereocenters. The van der Waals surface area contributed by atoms with Gasteiger partial charge in [-0.2, -0.15) is 5.10 Å². The zero-order chi connectivity index (χ0) is 18.1. The Hall–Kier alpha value is -2.50. The molecule has 1 aromatic heterocycles. The molecule has 0 bridgehead atoms. The minimum atomic E-state index is -0.137. The molecule has 0 amide bonds. The zero-order valence-corrected chi connectivity index (χ0v) is 15.3. The molecular weight excluding hydrogens is 324 g/mol. The molecule has 1 aliphatic heterocycles. The van der Waals surface area contributed by atoms with Gasteiger partial charge in [-0.25, -0.2) is 5.10 Å². The van der Waals surface area contributed by atoms with Gasteiger partial charge in [0.2, 0.25) is 0 Å². The average Bonchev–Trinajstić information content (AvgIpc) is 2.65. The Balaban J connectivity index is 1.81. The van der Waals surface area contributed by atoms with Crippen LogP contribution in [0.25, 0.3) is 22.0 Å². The van der Waals surface area contributed by atoms with E-state index in [1.165, 1.54) is 5.56 Å². The van der Waals surface area contributed by atoms with Crippen LogP contribution in [-0.2, 0) is 6.54 Å². The van der Waals surface area contributed by atoms with Crippen LogP contribution in [0.3, 0.4) is 0 Å². The number of hydrogen-bond donors (Lipinski definition) is 2. The first kappa shape index (κ1) is 16.9. The van der Waals surface area contributed by atoms with Gasteiger partial charge in [-0.05, 0) is 42.7 Å². The van der Waals surface area contributed by atoms with Gasteiger partial charge in [0.25, 0.3) is 5.56 Å². The molecule has 1 fully saturated rings. The summed E-state index contributed by atoms with van der Waals surface area (Å²) in [7, 11) is 0. The Morgan fingerprint density at radius 2 is 1.88 bits per heavy atom. The Bertz CT molecular complexity index is 1000. The third kappa shape index (κ3) is 3.16. The van der Waals surface area contributed by atoms with Crippen molar-refractivity contribution in [3.63, 3.8) is 0 Å². The number of piperazine rings is 1. The molecule has 0 unspecified atom stereocenters. The van der Waals surface area contributed by atoms with E-state index in [4.69, 9.17) is 0 Å². The summed E-state index contributed by atoms with van der Waals surface area (Å²) in [5, 5.41) is 12.1. The van der Waals surface area contributed by atoms with E-state index in [2.05, 4.69) is 45.5 Å². The van der Waals surface area contributed by atoms with Crippen LogP contribution in [-0.4, -0.2) is 41.3 Å². The largest absolute Gasteiger partial charge is 0.314 e. The number of nitrogens with one attached hydrogen (secondary N) is 2. The number of aryl methyl sites for hydroxylation is 2. The van der Waals surface area contributed by atoms with E-state index in [1.54, 1.807) is 0 Å². The number of nitrogens with zero attached hydrogens (tertiary/aromatic N) is 2. The summed E-state index contributed by atoms with van der Waals surface area (Å²) in [6, 6.07) is 12.4. The maximum Gasteiger partial charge on any atom is 0.272 e. The van der Waals surface area contributed by atoms with E-state index in [9.17, 15) is 4.79 Å². The number of fused-ring (bicyclic) bond motifs is 1. The summed E-state index contributed by atoms with van der Waals surface area (Å²) in [5.74, 6) is 0. The first-order valence-electron chi connectivity index (χ1n) is 9.14. The Labute approximate surface area is 153 Å². The zero-order valence-electron chi connectivity index (χ0n) is 15.3. The van der Waals surface area contributed by atoms with Crippen LogP contribution in [0.5, 0.6) is 0 Å². The lowest BCUT2D eigenvalue weighted by Gasteiger charge is -2.27. The van der Waals surface area contributed by atoms with Crippen LogP contribution in [0, 0.1) is 13.8 Å². The molecular formula is C21H24N4O. The molecule has 2 heterocycles. The van der Waals surface area contributed by atoms with Gasteiger partial charge >= 0.3 is 0 Å². The molecule has 0 aliphatic carbocycles. The summed E-state index contributed by atoms with van der Waals surface area (Å²) in [4.78, 5) is 14.7. The molecule has 1 aliphatic rings. The minimum absolute atomic E-state index is 0.137. The van der Waals surface area contributed by atoms with Crippen LogP contribution >= 0.6 is 0 Å². The smallest absolute Gasteiger partial charge is 0.272 e. The summed E-state index contributed by atoms with van der Waals surface area (Å²) in [5.41, 5.74) is 5.33. The fraction of sp³-hybridized carbons (Fsp3) is 0.333. The van der Waals surface area contributed by atoms with Gasteiger partial charge in [0, 0.05) is 43.7 Å². The van der Waals surface area contributed by atoms with Gasteiger partial charge in [-0.3, -0.25) is 9.69 Å². The van der Waals surface area contributed by atoms with E-state index in [-0.39, 0.29) is 5.56 Å². The van der Waals surface area contributed by atoms with E-state index < -0.39 is 0 Å². The molecule has 5 nitrogen and oxygen atoms in total. The molecule has 2 N–H and O–H groups in total. The Morgan fingerprint density at radius 3 is 2.69 bits per heavy atom. The monoisotopic (exact) mass is 348 g/mol. The van der Waals surface area contributed by atoms with Crippen molar-refractivity contribution in [2.45, 2.75) is 20.4 Å². The highest BCUT2D eigenvalue weighted by Crippen LogP contribution is 2.30. The first-order chi connectivity index (χ1) is 12.6. The molecule has 134 valence electrons. The fourth-order valence-corrected chi connectivity index (χ4v) is 3.74.